The van der Waals surface area contributed by atoms with Crippen LogP contribution in [0.3, 0.4) is 0 Å². The Hall–Kier alpha value is -0.490. The van der Waals surface area contributed by atoms with Gasteiger partial charge >= 0.3 is 0 Å². The monoisotopic (exact) mass is 430 g/mol. The van der Waals surface area contributed by atoms with Crippen LogP contribution in [0.4, 0.5) is 0 Å². The predicted octanol–water partition coefficient (Wildman–Crippen LogP) is 4.92. The second kappa shape index (κ2) is 8.22. The molecular weight excluding hydrogens is 416 g/mol. The summed E-state index contributed by atoms with van der Waals surface area (Å²) in [5.74, 6) is 1.48. The summed E-state index contributed by atoms with van der Waals surface area (Å²) in [6.45, 7) is 0. The zero-order chi connectivity index (χ0) is 15.2. The van der Waals surface area contributed by atoms with Crippen LogP contribution in [0, 0.1) is 0 Å². The number of rotatable bonds is 6. The minimum Gasteiger partial charge on any atom is -0.496 e. The van der Waals surface area contributed by atoms with E-state index in [0.29, 0.717) is 12.2 Å². The summed E-state index contributed by atoms with van der Waals surface area (Å²) < 4.78 is 7.18. The average molecular weight is 432 g/mol. The van der Waals surface area contributed by atoms with E-state index in [9.17, 15) is 5.11 Å². The van der Waals surface area contributed by atoms with Gasteiger partial charge in [-0.2, -0.15) is 0 Å². The molecule has 0 aliphatic rings. The molecule has 0 bridgehead atoms. The van der Waals surface area contributed by atoms with E-state index in [1.54, 1.807) is 18.9 Å². The molecule has 0 amide bonds. The van der Waals surface area contributed by atoms with Gasteiger partial charge in [-0.15, -0.1) is 11.8 Å². The maximum absolute atomic E-state index is 10.2. The smallest absolute Gasteiger partial charge is 0.133 e. The summed E-state index contributed by atoms with van der Waals surface area (Å²) in [5.41, 5.74) is 1.09. The van der Waals surface area contributed by atoms with E-state index in [0.717, 1.165) is 25.2 Å². The molecule has 21 heavy (non-hydrogen) atoms. The molecule has 0 heterocycles. The second-order valence-electron chi connectivity index (χ2n) is 4.59. The molecule has 1 N–H and O–H groups in total. The van der Waals surface area contributed by atoms with E-state index in [2.05, 4.69) is 31.9 Å². The molecule has 0 saturated carbocycles. The van der Waals surface area contributed by atoms with Crippen molar-refractivity contribution in [3.05, 3.63) is 57.0 Å². The van der Waals surface area contributed by atoms with Crippen molar-refractivity contribution in [1.82, 2.24) is 0 Å². The third-order valence-electron chi connectivity index (χ3n) is 2.94. The van der Waals surface area contributed by atoms with E-state index in [4.69, 9.17) is 4.74 Å². The lowest BCUT2D eigenvalue weighted by atomic mass is 10.1. The molecule has 0 radical (unpaired) electrons. The van der Waals surface area contributed by atoms with Gasteiger partial charge in [0, 0.05) is 15.1 Å². The Balaban J connectivity index is 1.88. The van der Waals surface area contributed by atoms with Crippen LogP contribution in [0.2, 0.25) is 0 Å². The van der Waals surface area contributed by atoms with Crippen molar-refractivity contribution in [2.45, 2.75) is 17.4 Å². The zero-order valence-corrected chi connectivity index (χ0v) is 15.5. The lowest BCUT2D eigenvalue weighted by Crippen LogP contribution is -2.13. The molecule has 0 fully saturated rings. The number of thioether (sulfide) groups is 1. The number of halogens is 2. The molecule has 2 rings (SSSR count). The van der Waals surface area contributed by atoms with Gasteiger partial charge in [0.25, 0.3) is 0 Å². The van der Waals surface area contributed by atoms with Crippen LogP contribution < -0.4 is 4.74 Å². The highest BCUT2D eigenvalue weighted by atomic mass is 79.9. The van der Waals surface area contributed by atoms with Gasteiger partial charge in [0.1, 0.15) is 5.75 Å². The van der Waals surface area contributed by atoms with E-state index in [1.165, 1.54) is 0 Å². The van der Waals surface area contributed by atoms with E-state index in [-0.39, 0.29) is 6.10 Å². The molecule has 0 saturated heterocycles. The van der Waals surface area contributed by atoms with Crippen LogP contribution in [0.15, 0.2) is 56.3 Å². The minimum atomic E-state index is -0.376. The Kier molecular flexibility index (Phi) is 6.61. The molecule has 2 nitrogen and oxygen atoms in total. The SMILES string of the molecule is COc1ccc(CC(O)CSc2ccc(Br)cc2)cc1Br. The largest absolute Gasteiger partial charge is 0.496 e. The lowest BCUT2D eigenvalue weighted by Gasteiger charge is -2.12. The fraction of sp³-hybridized carbons (Fsp3) is 0.250. The standard InChI is InChI=1S/C16H16Br2O2S/c1-20-16-7-2-11(9-15(16)18)8-13(19)10-21-14-5-3-12(17)4-6-14/h2-7,9,13,19H,8,10H2,1H3. The highest BCUT2D eigenvalue weighted by molar-refractivity contribution is 9.10. The number of methoxy groups -OCH3 is 1. The Morgan fingerprint density at radius 1 is 1.14 bits per heavy atom. The maximum atomic E-state index is 10.2. The number of benzene rings is 2. The van der Waals surface area contributed by atoms with Gasteiger partial charge in [0.15, 0.2) is 0 Å². The number of hydrogen-bond donors (Lipinski definition) is 1. The number of hydrogen-bond acceptors (Lipinski definition) is 3. The van der Waals surface area contributed by atoms with Gasteiger partial charge in [-0.3, -0.25) is 0 Å². The van der Waals surface area contributed by atoms with Gasteiger partial charge < -0.3 is 9.84 Å². The first kappa shape index (κ1) is 16.9. The third-order valence-corrected chi connectivity index (χ3v) is 5.25. The molecule has 2 aromatic carbocycles. The fourth-order valence-electron chi connectivity index (χ4n) is 1.89. The summed E-state index contributed by atoms with van der Waals surface area (Å²) in [6.07, 6.45) is 0.255. The first-order chi connectivity index (χ1) is 10.1. The quantitative estimate of drug-likeness (QED) is 0.658. The van der Waals surface area contributed by atoms with Gasteiger partial charge in [0.05, 0.1) is 17.7 Å². The third kappa shape index (κ3) is 5.33. The highest BCUT2D eigenvalue weighted by Crippen LogP contribution is 2.27. The molecule has 0 aliphatic heterocycles. The van der Waals surface area contributed by atoms with E-state index in [1.807, 2.05) is 42.5 Å². The Morgan fingerprint density at radius 3 is 2.48 bits per heavy atom. The highest BCUT2D eigenvalue weighted by Gasteiger charge is 2.09. The van der Waals surface area contributed by atoms with Gasteiger partial charge in [-0.05, 0) is 64.3 Å². The number of ether oxygens (including phenoxy) is 1. The molecule has 0 spiro atoms. The second-order valence-corrected chi connectivity index (χ2v) is 7.46. The normalized spacial score (nSPS) is 12.2. The van der Waals surface area contributed by atoms with Gasteiger partial charge in [0.2, 0.25) is 0 Å². The van der Waals surface area contributed by atoms with E-state index < -0.39 is 0 Å². The van der Waals surface area contributed by atoms with Crippen molar-refractivity contribution in [2.24, 2.45) is 0 Å². The molecule has 0 aromatic heterocycles. The van der Waals surface area contributed by atoms with Crippen molar-refractivity contribution in [1.29, 1.82) is 0 Å². The Morgan fingerprint density at radius 2 is 1.86 bits per heavy atom. The summed E-state index contributed by atoms with van der Waals surface area (Å²) >= 11 is 8.54. The van der Waals surface area contributed by atoms with Crippen molar-refractivity contribution in [3.8, 4) is 5.75 Å². The van der Waals surface area contributed by atoms with Crippen LogP contribution in [-0.4, -0.2) is 24.1 Å². The molecule has 1 atom stereocenters. The molecule has 1 unspecified atom stereocenters. The van der Waals surface area contributed by atoms with Gasteiger partial charge in [-0.25, -0.2) is 0 Å². The minimum absolute atomic E-state index is 0.376. The summed E-state index contributed by atoms with van der Waals surface area (Å²) in [4.78, 5) is 1.16. The number of aliphatic hydroxyl groups excluding tert-OH is 1. The first-order valence-electron chi connectivity index (χ1n) is 6.47. The fourth-order valence-corrected chi connectivity index (χ4v) is 3.57. The van der Waals surface area contributed by atoms with Crippen LogP contribution in [0.25, 0.3) is 0 Å². The lowest BCUT2D eigenvalue weighted by molar-refractivity contribution is 0.200. The molecule has 112 valence electrons. The molecule has 2 aromatic rings. The van der Waals surface area contributed by atoms with Crippen LogP contribution in [0.1, 0.15) is 5.56 Å². The summed E-state index contributed by atoms with van der Waals surface area (Å²) in [7, 11) is 1.64. The summed E-state index contributed by atoms with van der Waals surface area (Å²) in [5, 5.41) is 10.2. The van der Waals surface area contributed by atoms with Crippen molar-refractivity contribution in [2.75, 3.05) is 12.9 Å². The average Bonchev–Trinajstić information content (AvgIpc) is 2.47. The van der Waals surface area contributed by atoms with Crippen LogP contribution >= 0.6 is 43.6 Å². The molecule has 0 aliphatic carbocycles. The Labute approximate surface area is 146 Å². The van der Waals surface area contributed by atoms with Crippen molar-refractivity contribution in [3.63, 3.8) is 0 Å². The first-order valence-corrected chi connectivity index (χ1v) is 9.04. The summed E-state index contributed by atoms with van der Waals surface area (Å²) in [6, 6.07) is 14.0. The Bertz CT molecular complexity index is 587. The van der Waals surface area contributed by atoms with Crippen LogP contribution in [-0.2, 0) is 6.42 Å². The molecular formula is C16H16Br2O2S. The number of aliphatic hydroxyl groups is 1. The van der Waals surface area contributed by atoms with Crippen molar-refractivity contribution < 1.29 is 9.84 Å². The van der Waals surface area contributed by atoms with E-state index >= 15 is 0 Å². The predicted molar refractivity (Wildman–Crippen MR) is 95.3 cm³/mol. The van der Waals surface area contributed by atoms with Crippen molar-refractivity contribution >= 4 is 43.6 Å². The zero-order valence-electron chi connectivity index (χ0n) is 11.6. The van der Waals surface area contributed by atoms with Gasteiger partial charge in [-0.1, -0.05) is 22.0 Å². The molecule has 5 heteroatoms. The maximum Gasteiger partial charge on any atom is 0.133 e. The topological polar surface area (TPSA) is 29.5 Å². The van der Waals surface area contributed by atoms with Crippen LogP contribution in [0.5, 0.6) is 5.75 Å².